The summed E-state index contributed by atoms with van der Waals surface area (Å²) in [5.41, 5.74) is 1.83. The molecular formula is C24H23N3O5. The molecule has 2 heterocycles. The maximum atomic E-state index is 12.3. The van der Waals surface area contributed by atoms with Gasteiger partial charge in [0.15, 0.2) is 11.5 Å². The molecule has 2 aromatic carbocycles. The molecule has 0 aliphatic carbocycles. The van der Waals surface area contributed by atoms with Crippen LogP contribution in [0.5, 0.6) is 17.2 Å². The average molecular weight is 433 g/mol. The van der Waals surface area contributed by atoms with Crippen LogP contribution in [0, 0.1) is 11.3 Å². The quantitative estimate of drug-likeness (QED) is 0.317. The van der Waals surface area contributed by atoms with Gasteiger partial charge in [-0.2, -0.15) is 5.26 Å². The molecule has 8 nitrogen and oxygen atoms in total. The van der Waals surface area contributed by atoms with Crippen LogP contribution in [0.3, 0.4) is 0 Å². The number of aromatic nitrogens is 1. The highest BCUT2D eigenvalue weighted by Gasteiger charge is 2.14. The zero-order valence-electron chi connectivity index (χ0n) is 17.7. The third kappa shape index (κ3) is 4.68. The van der Waals surface area contributed by atoms with Crippen molar-refractivity contribution in [1.29, 1.82) is 5.26 Å². The second-order valence-corrected chi connectivity index (χ2v) is 7.08. The third-order valence-corrected chi connectivity index (χ3v) is 5.02. The van der Waals surface area contributed by atoms with Crippen LogP contribution in [-0.4, -0.2) is 44.1 Å². The molecule has 0 unspecified atom stereocenters. The molecule has 0 bridgehead atoms. The van der Waals surface area contributed by atoms with Gasteiger partial charge in [0.05, 0.1) is 13.2 Å². The number of nitrogens with zero attached hydrogens (tertiary/aromatic N) is 2. The summed E-state index contributed by atoms with van der Waals surface area (Å²) in [7, 11) is 1.55. The summed E-state index contributed by atoms with van der Waals surface area (Å²) in [6, 6.07) is 15.3. The van der Waals surface area contributed by atoms with E-state index in [1.807, 2.05) is 59.3 Å². The second-order valence-electron chi connectivity index (χ2n) is 7.08. The molecule has 0 saturated carbocycles. The fraction of sp³-hybridized carbons (Fsp3) is 0.250. The smallest absolute Gasteiger partial charge is 0.262 e. The van der Waals surface area contributed by atoms with E-state index in [4.69, 9.17) is 18.9 Å². The molecule has 1 aromatic heterocycles. The van der Waals surface area contributed by atoms with Crippen molar-refractivity contribution >= 4 is 22.9 Å². The summed E-state index contributed by atoms with van der Waals surface area (Å²) in [6.45, 7) is 1.97. The summed E-state index contributed by atoms with van der Waals surface area (Å²) in [5, 5.41) is 13.1. The van der Waals surface area contributed by atoms with Crippen molar-refractivity contribution in [2.75, 3.05) is 33.7 Å². The van der Waals surface area contributed by atoms with Gasteiger partial charge in [-0.3, -0.25) is 4.79 Å². The number of ether oxygens (including phenoxy) is 4. The molecule has 1 aliphatic heterocycles. The second kappa shape index (κ2) is 9.90. The first-order valence-corrected chi connectivity index (χ1v) is 10.2. The molecule has 0 atom stereocenters. The van der Waals surface area contributed by atoms with Crippen LogP contribution >= 0.6 is 0 Å². The Labute approximate surface area is 185 Å². The van der Waals surface area contributed by atoms with E-state index >= 15 is 0 Å². The van der Waals surface area contributed by atoms with Crippen molar-refractivity contribution in [3.05, 3.63) is 59.8 Å². The number of carbonyl (C=O) groups is 1. The molecule has 164 valence electrons. The molecule has 0 spiro atoms. The van der Waals surface area contributed by atoms with Gasteiger partial charge in [0.25, 0.3) is 5.91 Å². The topological polar surface area (TPSA) is 94.7 Å². The predicted molar refractivity (Wildman–Crippen MR) is 118 cm³/mol. The number of hydrogen-bond acceptors (Lipinski definition) is 6. The monoisotopic (exact) mass is 433 g/mol. The van der Waals surface area contributed by atoms with E-state index in [9.17, 15) is 10.1 Å². The predicted octanol–water partition coefficient (Wildman–Crippen LogP) is 3.12. The highest BCUT2D eigenvalue weighted by molar-refractivity contribution is 6.04. The standard InChI is InChI=1S/C24H23N3O5/c1-29-10-8-26-24(28)17(14-25)12-18-15-27(21-5-3-2-4-20(18)21)9-11-30-19-6-7-22-23(13-19)32-16-31-22/h2-7,12-13,15H,8-11,16H2,1H3,(H,26,28). The Bertz CT molecular complexity index is 1190. The zero-order valence-corrected chi connectivity index (χ0v) is 17.7. The van der Waals surface area contributed by atoms with Crippen molar-refractivity contribution < 1.29 is 23.7 Å². The van der Waals surface area contributed by atoms with E-state index in [0.717, 1.165) is 16.5 Å². The number of rotatable bonds is 9. The van der Waals surface area contributed by atoms with Crippen molar-refractivity contribution in [2.45, 2.75) is 6.54 Å². The third-order valence-electron chi connectivity index (χ3n) is 5.02. The van der Waals surface area contributed by atoms with Gasteiger partial charge in [-0.05, 0) is 24.3 Å². The summed E-state index contributed by atoms with van der Waals surface area (Å²) in [6.07, 6.45) is 3.53. The van der Waals surface area contributed by atoms with E-state index in [-0.39, 0.29) is 12.4 Å². The van der Waals surface area contributed by atoms with Crippen molar-refractivity contribution in [3.63, 3.8) is 0 Å². The Balaban J connectivity index is 1.49. The summed E-state index contributed by atoms with van der Waals surface area (Å²) < 4.78 is 23.6. The lowest BCUT2D eigenvalue weighted by Crippen LogP contribution is -2.27. The fourth-order valence-electron chi connectivity index (χ4n) is 3.47. The molecule has 1 aliphatic rings. The number of carbonyl (C=O) groups excluding carboxylic acids is 1. The average Bonchev–Trinajstić information content (AvgIpc) is 3.42. The maximum Gasteiger partial charge on any atom is 0.262 e. The van der Waals surface area contributed by atoms with Gasteiger partial charge in [-0.25, -0.2) is 0 Å². The van der Waals surface area contributed by atoms with E-state index in [1.54, 1.807) is 13.2 Å². The molecule has 0 radical (unpaired) electrons. The fourth-order valence-corrected chi connectivity index (χ4v) is 3.47. The number of methoxy groups -OCH3 is 1. The van der Waals surface area contributed by atoms with Crippen molar-refractivity contribution in [1.82, 2.24) is 9.88 Å². The minimum atomic E-state index is -0.424. The van der Waals surface area contributed by atoms with Gasteiger partial charge in [-0.15, -0.1) is 0 Å². The highest BCUT2D eigenvalue weighted by Crippen LogP contribution is 2.35. The lowest BCUT2D eigenvalue weighted by atomic mass is 10.1. The van der Waals surface area contributed by atoms with Gasteiger partial charge in [0, 0.05) is 42.4 Å². The van der Waals surface area contributed by atoms with Crippen LogP contribution in [0.25, 0.3) is 17.0 Å². The zero-order chi connectivity index (χ0) is 22.3. The van der Waals surface area contributed by atoms with Crippen LogP contribution in [0.2, 0.25) is 0 Å². The number of fused-ring (bicyclic) bond motifs is 2. The molecule has 0 saturated heterocycles. The van der Waals surface area contributed by atoms with Gasteiger partial charge in [0.2, 0.25) is 6.79 Å². The van der Waals surface area contributed by atoms with Gasteiger partial charge in [-0.1, -0.05) is 18.2 Å². The molecule has 32 heavy (non-hydrogen) atoms. The Morgan fingerprint density at radius 3 is 2.91 bits per heavy atom. The number of nitrogens with one attached hydrogen (secondary N) is 1. The Kier molecular flexibility index (Phi) is 6.58. The lowest BCUT2D eigenvalue weighted by molar-refractivity contribution is -0.117. The number of amides is 1. The Morgan fingerprint density at radius 2 is 2.06 bits per heavy atom. The first kappa shape index (κ1) is 21.3. The SMILES string of the molecule is COCCNC(=O)C(C#N)=Cc1cn(CCOc2ccc3c(c2)OCO3)c2ccccc12. The molecule has 8 heteroatoms. The van der Waals surface area contributed by atoms with Gasteiger partial charge < -0.3 is 28.8 Å². The summed E-state index contributed by atoms with van der Waals surface area (Å²) in [5.74, 6) is 1.66. The number of nitriles is 1. The molecule has 1 amide bonds. The van der Waals surface area contributed by atoms with Gasteiger partial charge >= 0.3 is 0 Å². The van der Waals surface area contributed by atoms with Crippen LogP contribution < -0.4 is 19.5 Å². The van der Waals surface area contributed by atoms with E-state index < -0.39 is 5.91 Å². The van der Waals surface area contributed by atoms with Crippen LogP contribution in [0.1, 0.15) is 5.56 Å². The largest absolute Gasteiger partial charge is 0.492 e. The van der Waals surface area contributed by atoms with Crippen LogP contribution in [-0.2, 0) is 16.1 Å². The van der Waals surface area contributed by atoms with Crippen molar-refractivity contribution in [3.8, 4) is 23.3 Å². The minimum absolute atomic E-state index is 0.0422. The molecular weight excluding hydrogens is 410 g/mol. The highest BCUT2D eigenvalue weighted by atomic mass is 16.7. The molecule has 4 rings (SSSR count). The molecule has 0 fully saturated rings. The van der Waals surface area contributed by atoms with Gasteiger partial charge in [0.1, 0.15) is 24.0 Å². The normalized spacial score (nSPS) is 12.6. The number of hydrogen-bond donors (Lipinski definition) is 1. The lowest BCUT2D eigenvalue weighted by Gasteiger charge is -2.09. The first-order chi connectivity index (χ1) is 15.7. The van der Waals surface area contributed by atoms with Crippen LogP contribution in [0.15, 0.2) is 54.2 Å². The van der Waals surface area contributed by atoms with E-state index in [2.05, 4.69) is 5.32 Å². The Morgan fingerprint density at radius 1 is 1.22 bits per heavy atom. The molecule has 3 aromatic rings. The maximum absolute atomic E-state index is 12.3. The molecule has 1 N–H and O–H groups in total. The minimum Gasteiger partial charge on any atom is -0.492 e. The van der Waals surface area contributed by atoms with E-state index in [1.165, 1.54) is 0 Å². The summed E-state index contributed by atoms with van der Waals surface area (Å²) in [4.78, 5) is 12.3. The first-order valence-electron chi connectivity index (χ1n) is 10.2. The van der Waals surface area contributed by atoms with Crippen molar-refractivity contribution in [2.24, 2.45) is 0 Å². The summed E-state index contributed by atoms with van der Waals surface area (Å²) >= 11 is 0. The number of para-hydroxylation sites is 1. The van der Waals surface area contributed by atoms with Crippen LogP contribution in [0.4, 0.5) is 0 Å². The van der Waals surface area contributed by atoms with E-state index in [0.29, 0.717) is 43.6 Å². The number of benzene rings is 2. The Hall–Kier alpha value is -3.96.